The van der Waals surface area contributed by atoms with Crippen molar-refractivity contribution in [2.75, 3.05) is 13.1 Å². The molecule has 0 saturated carbocycles. The Balaban J connectivity index is 1.63. The summed E-state index contributed by atoms with van der Waals surface area (Å²) in [6.45, 7) is 1.80. The van der Waals surface area contributed by atoms with Crippen LogP contribution in [-0.2, 0) is 32.6 Å². The van der Waals surface area contributed by atoms with Gasteiger partial charge in [0.1, 0.15) is 16.8 Å². The quantitative estimate of drug-likeness (QED) is 0.336. The number of halogens is 1. The number of sulfonamides is 1. The molecule has 1 aliphatic heterocycles. The molecule has 4 rings (SSSR count). The molecule has 1 atom stereocenters. The standard InChI is InChI=1S/C30H32FN3O5S/c1-2-3-18-32-29(36)26(20-22-11-5-4-6-12-22)33(21-23-13-7-9-15-25(23)31)28(35)17-19-34-30(37)24-14-8-10-16-27(24)40(34,38)39/h4-16,26H,2-3,17-21H2,1H3,(H,32,36). The lowest BCUT2D eigenvalue weighted by atomic mass is 10.0. The highest BCUT2D eigenvalue weighted by Crippen LogP contribution is 2.30. The van der Waals surface area contributed by atoms with E-state index in [-0.39, 0.29) is 41.3 Å². The van der Waals surface area contributed by atoms with Crippen LogP contribution in [0.15, 0.2) is 83.8 Å². The lowest BCUT2D eigenvalue weighted by Crippen LogP contribution is -2.51. The van der Waals surface area contributed by atoms with Crippen molar-refractivity contribution in [2.45, 2.75) is 50.1 Å². The monoisotopic (exact) mass is 565 g/mol. The highest BCUT2D eigenvalue weighted by molar-refractivity contribution is 7.90. The number of nitrogens with one attached hydrogen (secondary N) is 1. The summed E-state index contributed by atoms with van der Waals surface area (Å²) in [5, 5.41) is 2.88. The zero-order valence-corrected chi connectivity index (χ0v) is 23.1. The highest BCUT2D eigenvalue weighted by atomic mass is 32.2. The van der Waals surface area contributed by atoms with Gasteiger partial charge >= 0.3 is 0 Å². The van der Waals surface area contributed by atoms with Gasteiger partial charge in [0.25, 0.3) is 15.9 Å². The van der Waals surface area contributed by atoms with Crippen LogP contribution in [0.3, 0.4) is 0 Å². The zero-order chi connectivity index (χ0) is 28.7. The molecule has 0 aliphatic carbocycles. The number of nitrogens with zero attached hydrogens (tertiary/aromatic N) is 2. The van der Waals surface area contributed by atoms with Crippen LogP contribution in [0.25, 0.3) is 0 Å². The smallest absolute Gasteiger partial charge is 0.269 e. The van der Waals surface area contributed by atoms with E-state index in [1.165, 1.54) is 41.3 Å². The molecule has 0 bridgehead atoms. The number of carbonyl (C=O) groups excluding carboxylic acids is 3. The molecule has 0 aromatic heterocycles. The SMILES string of the molecule is CCCCNC(=O)C(Cc1ccccc1)N(Cc1ccccc1F)C(=O)CCN1C(=O)c2ccccc2S1(=O)=O. The van der Waals surface area contributed by atoms with Gasteiger partial charge < -0.3 is 10.2 Å². The molecule has 210 valence electrons. The normalized spacial score (nSPS) is 14.4. The summed E-state index contributed by atoms with van der Waals surface area (Å²) in [5.41, 5.74) is 1.07. The maximum absolute atomic E-state index is 14.7. The summed E-state index contributed by atoms with van der Waals surface area (Å²) >= 11 is 0. The van der Waals surface area contributed by atoms with Crippen molar-refractivity contribution >= 4 is 27.7 Å². The summed E-state index contributed by atoms with van der Waals surface area (Å²) in [7, 11) is -4.11. The van der Waals surface area contributed by atoms with E-state index in [1.54, 1.807) is 12.1 Å². The average Bonchev–Trinajstić information content (AvgIpc) is 3.15. The van der Waals surface area contributed by atoms with Crippen LogP contribution in [0, 0.1) is 5.82 Å². The fourth-order valence-corrected chi connectivity index (χ4v) is 6.23. The lowest BCUT2D eigenvalue weighted by molar-refractivity contribution is -0.141. The summed E-state index contributed by atoms with van der Waals surface area (Å²) in [6.07, 6.45) is 1.41. The summed E-state index contributed by atoms with van der Waals surface area (Å²) < 4.78 is 41.4. The minimum Gasteiger partial charge on any atom is -0.354 e. The van der Waals surface area contributed by atoms with E-state index in [0.717, 1.165) is 18.4 Å². The first kappa shape index (κ1) is 28.9. The van der Waals surface area contributed by atoms with Crippen molar-refractivity contribution in [1.82, 2.24) is 14.5 Å². The minimum absolute atomic E-state index is 0.0513. The van der Waals surface area contributed by atoms with Crippen molar-refractivity contribution in [2.24, 2.45) is 0 Å². The Bertz CT molecular complexity index is 1480. The number of hydrogen-bond acceptors (Lipinski definition) is 5. The number of hydrogen-bond donors (Lipinski definition) is 1. The van der Waals surface area contributed by atoms with Gasteiger partial charge in [-0.15, -0.1) is 0 Å². The molecule has 0 spiro atoms. The zero-order valence-electron chi connectivity index (χ0n) is 22.3. The number of benzene rings is 3. The van der Waals surface area contributed by atoms with Crippen molar-refractivity contribution in [3.05, 3.63) is 101 Å². The topological polar surface area (TPSA) is 104 Å². The van der Waals surface area contributed by atoms with Gasteiger partial charge in [0.2, 0.25) is 11.8 Å². The van der Waals surface area contributed by atoms with Crippen molar-refractivity contribution in [3.8, 4) is 0 Å². The summed E-state index contributed by atoms with van der Waals surface area (Å²) in [6, 6.07) is 20.0. The molecule has 40 heavy (non-hydrogen) atoms. The second kappa shape index (κ2) is 12.9. The highest BCUT2D eigenvalue weighted by Gasteiger charge is 2.41. The van der Waals surface area contributed by atoms with E-state index < -0.39 is 40.2 Å². The van der Waals surface area contributed by atoms with Crippen molar-refractivity contribution in [1.29, 1.82) is 0 Å². The van der Waals surface area contributed by atoms with Crippen LogP contribution >= 0.6 is 0 Å². The first-order chi connectivity index (χ1) is 19.2. The number of amides is 3. The van der Waals surface area contributed by atoms with Gasteiger partial charge in [0.15, 0.2) is 0 Å². The van der Waals surface area contributed by atoms with E-state index in [9.17, 15) is 27.2 Å². The maximum Gasteiger partial charge on any atom is 0.269 e. The molecule has 10 heteroatoms. The predicted molar refractivity (Wildman–Crippen MR) is 148 cm³/mol. The maximum atomic E-state index is 14.7. The van der Waals surface area contributed by atoms with Gasteiger partial charge in [-0.2, -0.15) is 0 Å². The number of unbranched alkanes of at least 4 members (excludes halogenated alkanes) is 1. The van der Waals surface area contributed by atoms with Crippen LogP contribution in [0.5, 0.6) is 0 Å². The van der Waals surface area contributed by atoms with Crippen molar-refractivity contribution < 1.29 is 27.2 Å². The van der Waals surface area contributed by atoms with Crippen LogP contribution in [0.4, 0.5) is 4.39 Å². The predicted octanol–water partition coefficient (Wildman–Crippen LogP) is 3.92. The van der Waals surface area contributed by atoms with Gasteiger partial charge in [-0.3, -0.25) is 14.4 Å². The van der Waals surface area contributed by atoms with E-state index >= 15 is 0 Å². The average molecular weight is 566 g/mol. The number of rotatable bonds is 12. The van der Waals surface area contributed by atoms with Crippen LogP contribution in [-0.4, -0.2) is 54.5 Å². The van der Waals surface area contributed by atoms with Crippen molar-refractivity contribution in [3.63, 3.8) is 0 Å². The molecule has 1 N–H and O–H groups in total. The first-order valence-corrected chi connectivity index (χ1v) is 14.7. The van der Waals surface area contributed by atoms with E-state index in [4.69, 9.17) is 0 Å². The first-order valence-electron chi connectivity index (χ1n) is 13.2. The molecule has 3 aromatic carbocycles. The Morgan fingerprint density at radius 2 is 1.65 bits per heavy atom. The molecule has 1 unspecified atom stereocenters. The van der Waals surface area contributed by atoms with E-state index in [0.29, 0.717) is 10.8 Å². The molecule has 0 radical (unpaired) electrons. The Kier molecular flexibility index (Phi) is 9.31. The summed E-state index contributed by atoms with van der Waals surface area (Å²) in [5.74, 6) is -2.20. The van der Waals surface area contributed by atoms with Gasteiger partial charge in [0, 0.05) is 38.0 Å². The molecule has 1 heterocycles. The van der Waals surface area contributed by atoms with Gasteiger partial charge in [-0.25, -0.2) is 17.1 Å². The molecular weight excluding hydrogens is 533 g/mol. The minimum atomic E-state index is -4.11. The van der Waals surface area contributed by atoms with E-state index in [1.807, 2.05) is 37.3 Å². The molecule has 3 amide bonds. The van der Waals surface area contributed by atoms with Gasteiger partial charge in [-0.1, -0.05) is 74.0 Å². The third-order valence-corrected chi connectivity index (χ3v) is 8.68. The fourth-order valence-electron chi connectivity index (χ4n) is 4.66. The largest absolute Gasteiger partial charge is 0.354 e. The Morgan fingerprint density at radius 1 is 0.975 bits per heavy atom. The lowest BCUT2D eigenvalue weighted by Gasteiger charge is -2.32. The summed E-state index contributed by atoms with van der Waals surface area (Å²) in [4.78, 5) is 41.3. The molecule has 3 aromatic rings. The Labute approximate surface area is 233 Å². The third kappa shape index (κ3) is 6.39. The Hall–Kier alpha value is -4.05. The van der Waals surface area contributed by atoms with Gasteiger partial charge in [-0.05, 0) is 30.2 Å². The Morgan fingerprint density at radius 3 is 2.35 bits per heavy atom. The van der Waals surface area contributed by atoms with Crippen LogP contribution < -0.4 is 5.32 Å². The number of fused-ring (bicyclic) bond motifs is 1. The molecular formula is C30H32FN3O5S. The van der Waals surface area contributed by atoms with Gasteiger partial charge in [0.05, 0.1) is 5.56 Å². The van der Waals surface area contributed by atoms with Crippen LogP contribution in [0.2, 0.25) is 0 Å². The molecule has 0 fully saturated rings. The van der Waals surface area contributed by atoms with E-state index in [2.05, 4.69) is 5.32 Å². The second-order valence-electron chi connectivity index (χ2n) is 9.59. The fraction of sp³-hybridized carbons (Fsp3) is 0.300. The molecule has 8 nitrogen and oxygen atoms in total. The molecule has 0 saturated heterocycles. The second-order valence-corrected chi connectivity index (χ2v) is 11.4. The number of carbonyl (C=O) groups is 3. The third-order valence-electron chi connectivity index (χ3n) is 6.84. The van der Waals surface area contributed by atoms with Crippen LogP contribution in [0.1, 0.15) is 47.7 Å². The molecule has 1 aliphatic rings.